The highest BCUT2D eigenvalue weighted by Crippen LogP contribution is 2.28. The summed E-state index contributed by atoms with van der Waals surface area (Å²) >= 11 is 0. The summed E-state index contributed by atoms with van der Waals surface area (Å²) in [5.41, 5.74) is 3.83. The van der Waals surface area contributed by atoms with Crippen molar-refractivity contribution in [3.8, 4) is 22.6 Å². The van der Waals surface area contributed by atoms with Crippen molar-refractivity contribution in [1.29, 1.82) is 0 Å². The Balaban J connectivity index is 1.46. The Morgan fingerprint density at radius 3 is 1.85 bits per heavy atom. The van der Waals surface area contributed by atoms with Gasteiger partial charge in [-0.05, 0) is 60.7 Å². The summed E-state index contributed by atoms with van der Waals surface area (Å²) < 4.78 is 17.5. The molecule has 0 aliphatic heterocycles. The monoisotopic (exact) mass is 530 g/mol. The van der Waals surface area contributed by atoms with E-state index in [1.165, 1.54) is 50.5 Å². The molecular formula is C35H46O4. The maximum atomic E-state index is 12.8. The van der Waals surface area contributed by atoms with Crippen molar-refractivity contribution >= 4 is 5.97 Å². The fourth-order valence-electron chi connectivity index (χ4n) is 4.48. The Morgan fingerprint density at radius 1 is 0.641 bits per heavy atom. The van der Waals surface area contributed by atoms with Crippen LogP contribution >= 0.6 is 0 Å². The lowest BCUT2D eigenvalue weighted by molar-refractivity contribution is 0.0627. The molecule has 39 heavy (non-hydrogen) atoms. The second-order valence-electron chi connectivity index (χ2n) is 10.2. The Hall–Kier alpha value is -3.11. The molecule has 0 saturated carbocycles. The molecule has 0 N–H and O–H groups in total. The second-order valence-corrected chi connectivity index (χ2v) is 10.2. The van der Waals surface area contributed by atoms with E-state index in [-0.39, 0.29) is 6.10 Å². The van der Waals surface area contributed by atoms with Crippen LogP contribution in [0.3, 0.4) is 0 Å². The number of carbonyl (C=O) groups excluding carboxylic acids is 1. The molecule has 3 aromatic carbocycles. The van der Waals surface area contributed by atoms with Crippen molar-refractivity contribution in [2.24, 2.45) is 0 Å². The summed E-state index contributed by atoms with van der Waals surface area (Å²) in [7, 11) is 0. The number of rotatable bonds is 18. The third kappa shape index (κ3) is 10.5. The van der Waals surface area contributed by atoms with Gasteiger partial charge in [-0.15, -0.1) is 0 Å². The summed E-state index contributed by atoms with van der Waals surface area (Å²) in [6, 6.07) is 23.3. The molecule has 1 unspecified atom stereocenters. The highest BCUT2D eigenvalue weighted by Gasteiger charge is 2.13. The minimum Gasteiger partial charge on any atom is -0.490 e. The fraction of sp³-hybridized carbons (Fsp3) is 0.457. The van der Waals surface area contributed by atoms with Crippen LogP contribution in [0.15, 0.2) is 72.8 Å². The molecule has 4 heteroatoms. The molecule has 1 atom stereocenters. The quantitative estimate of drug-likeness (QED) is 0.0932. The van der Waals surface area contributed by atoms with Gasteiger partial charge in [0.05, 0.1) is 18.3 Å². The van der Waals surface area contributed by atoms with Gasteiger partial charge in [0.1, 0.15) is 0 Å². The molecule has 4 nitrogen and oxygen atoms in total. The fourth-order valence-corrected chi connectivity index (χ4v) is 4.48. The zero-order valence-corrected chi connectivity index (χ0v) is 24.1. The standard InChI is InChI=1S/C35H46O4/c1-4-6-8-9-10-11-12-15-27-37-28(3)29-18-20-30(21-19-29)31-22-24-32(25-23-31)35(36)39-34-17-14-13-16-33(34)38-26-7-5-2/h13-14,16-25,28H,4-12,15,26-27H2,1-3H3. The van der Waals surface area contributed by atoms with E-state index >= 15 is 0 Å². The van der Waals surface area contributed by atoms with Gasteiger partial charge in [-0.3, -0.25) is 0 Å². The van der Waals surface area contributed by atoms with E-state index in [1.807, 2.05) is 42.5 Å². The first-order valence-corrected chi connectivity index (χ1v) is 14.9. The third-order valence-electron chi connectivity index (χ3n) is 7.01. The van der Waals surface area contributed by atoms with Crippen molar-refractivity contribution in [2.75, 3.05) is 13.2 Å². The van der Waals surface area contributed by atoms with Gasteiger partial charge in [0.15, 0.2) is 11.5 Å². The van der Waals surface area contributed by atoms with Crippen LogP contribution < -0.4 is 9.47 Å². The first-order chi connectivity index (χ1) is 19.1. The number of benzene rings is 3. The summed E-state index contributed by atoms with van der Waals surface area (Å²) in [5.74, 6) is 0.634. The maximum Gasteiger partial charge on any atom is 0.343 e. The first-order valence-electron chi connectivity index (χ1n) is 14.9. The molecule has 0 amide bonds. The predicted octanol–water partition coefficient (Wildman–Crippen LogP) is 9.97. The highest BCUT2D eigenvalue weighted by atomic mass is 16.6. The summed E-state index contributed by atoms with van der Waals surface area (Å²) in [6.07, 6.45) is 12.5. The molecule has 210 valence electrons. The van der Waals surface area contributed by atoms with E-state index in [0.29, 0.717) is 23.7 Å². The second kappa shape index (κ2) is 17.5. The van der Waals surface area contributed by atoms with Crippen LogP contribution in [0, 0.1) is 0 Å². The van der Waals surface area contributed by atoms with Crippen LogP contribution in [-0.4, -0.2) is 19.2 Å². The minimum absolute atomic E-state index is 0.0783. The molecular weight excluding hydrogens is 484 g/mol. The van der Waals surface area contributed by atoms with E-state index in [9.17, 15) is 4.79 Å². The molecule has 0 aromatic heterocycles. The molecule has 0 heterocycles. The van der Waals surface area contributed by atoms with Crippen molar-refractivity contribution in [1.82, 2.24) is 0 Å². The van der Waals surface area contributed by atoms with E-state index in [4.69, 9.17) is 14.2 Å². The minimum atomic E-state index is -0.397. The van der Waals surface area contributed by atoms with Crippen molar-refractivity contribution in [3.05, 3.63) is 83.9 Å². The lowest BCUT2D eigenvalue weighted by Gasteiger charge is -2.14. The third-order valence-corrected chi connectivity index (χ3v) is 7.01. The SMILES string of the molecule is CCCCCCCCCCOC(C)c1ccc(-c2ccc(C(=O)Oc3ccccc3OCCCC)cc2)cc1. The zero-order valence-electron chi connectivity index (χ0n) is 24.1. The number of ether oxygens (including phenoxy) is 3. The van der Waals surface area contributed by atoms with Gasteiger partial charge in [-0.25, -0.2) is 4.79 Å². The van der Waals surface area contributed by atoms with Crippen LogP contribution in [0.1, 0.15) is 107 Å². The highest BCUT2D eigenvalue weighted by molar-refractivity contribution is 5.92. The molecule has 0 radical (unpaired) electrons. The van der Waals surface area contributed by atoms with Gasteiger partial charge in [0.2, 0.25) is 0 Å². The van der Waals surface area contributed by atoms with Crippen LogP contribution in [0.5, 0.6) is 11.5 Å². The predicted molar refractivity (Wildman–Crippen MR) is 161 cm³/mol. The topological polar surface area (TPSA) is 44.8 Å². The maximum absolute atomic E-state index is 12.8. The molecule has 0 fully saturated rings. The lowest BCUT2D eigenvalue weighted by Crippen LogP contribution is -2.09. The normalized spacial score (nSPS) is 11.8. The lowest BCUT2D eigenvalue weighted by atomic mass is 10.0. The smallest absolute Gasteiger partial charge is 0.343 e. The first kappa shape index (κ1) is 30.4. The number of hydrogen-bond donors (Lipinski definition) is 0. The Labute approximate surface area is 235 Å². The molecule has 3 aromatic rings. The molecule has 0 aliphatic carbocycles. The van der Waals surface area contributed by atoms with Crippen LogP contribution in [0.2, 0.25) is 0 Å². The summed E-state index contributed by atoms with van der Waals surface area (Å²) in [6.45, 7) is 7.90. The molecule has 0 bridgehead atoms. The number of hydrogen-bond acceptors (Lipinski definition) is 4. The van der Waals surface area contributed by atoms with Gasteiger partial charge in [-0.2, -0.15) is 0 Å². The van der Waals surface area contributed by atoms with Crippen molar-refractivity contribution in [3.63, 3.8) is 0 Å². The van der Waals surface area contributed by atoms with Crippen molar-refractivity contribution < 1.29 is 19.0 Å². The number of esters is 1. The van der Waals surface area contributed by atoms with Crippen LogP contribution in [0.4, 0.5) is 0 Å². The van der Waals surface area contributed by atoms with E-state index in [0.717, 1.165) is 37.0 Å². The Kier molecular flexibility index (Phi) is 13.6. The van der Waals surface area contributed by atoms with E-state index < -0.39 is 5.97 Å². The average molecular weight is 531 g/mol. The van der Waals surface area contributed by atoms with Crippen molar-refractivity contribution in [2.45, 2.75) is 91.1 Å². The number of carbonyl (C=O) groups is 1. The van der Waals surface area contributed by atoms with Gasteiger partial charge >= 0.3 is 5.97 Å². The largest absolute Gasteiger partial charge is 0.490 e. The Morgan fingerprint density at radius 2 is 1.21 bits per heavy atom. The molecule has 0 saturated heterocycles. The average Bonchev–Trinajstić information content (AvgIpc) is 2.97. The zero-order chi connectivity index (χ0) is 27.7. The number of para-hydroxylation sites is 2. The van der Waals surface area contributed by atoms with E-state index in [1.54, 1.807) is 6.07 Å². The van der Waals surface area contributed by atoms with Crippen LogP contribution in [-0.2, 0) is 4.74 Å². The Bertz CT molecular complexity index is 1090. The molecule has 0 spiro atoms. The molecule has 3 rings (SSSR count). The van der Waals surface area contributed by atoms with Gasteiger partial charge in [0, 0.05) is 6.61 Å². The van der Waals surface area contributed by atoms with Gasteiger partial charge in [-0.1, -0.05) is 114 Å². The summed E-state index contributed by atoms with van der Waals surface area (Å²) in [5, 5.41) is 0. The van der Waals surface area contributed by atoms with Gasteiger partial charge < -0.3 is 14.2 Å². The summed E-state index contributed by atoms with van der Waals surface area (Å²) in [4.78, 5) is 12.8. The molecule has 0 aliphatic rings. The van der Waals surface area contributed by atoms with E-state index in [2.05, 4.69) is 45.0 Å². The van der Waals surface area contributed by atoms with Crippen LogP contribution in [0.25, 0.3) is 11.1 Å². The van der Waals surface area contributed by atoms with Gasteiger partial charge in [0.25, 0.3) is 0 Å². The number of unbranched alkanes of at least 4 members (excludes halogenated alkanes) is 8.